The van der Waals surface area contributed by atoms with Gasteiger partial charge in [-0.15, -0.1) is 69.1 Å². The number of hydrogen-bond donors (Lipinski definition) is 0. The Morgan fingerprint density at radius 2 is 1.18 bits per heavy atom. The van der Waals surface area contributed by atoms with Crippen molar-refractivity contribution in [3.8, 4) is 22.3 Å². The SMILES string of the molecule is CC(C)c1cc2c(-c3ccc(C(C)(C)C)cc3)cccc2[cH-]1.C[Si]C.Cc1cc2c(-c3ccc(C4CCCCC4)cc3)cccc2[cH-]1.[Cl][Zr+2][Cl]. The van der Waals surface area contributed by atoms with Crippen molar-refractivity contribution in [2.45, 2.75) is 104 Å². The maximum absolute atomic E-state index is 4.93. The molecule has 50 heavy (non-hydrogen) atoms. The number of rotatable bonds is 4. The van der Waals surface area contributed by atoms with Crippen LogP contribution in [0.1, 0.15) is 101 Å². The van der Waals surface area contributed by atoms with Gasteiger partial charge in [0.2, 0.25) is 0 Å². The fourth-order valence-corrected chi connectivity index (χ4v) is 7.00. The summed E-state index contributed by atoms with van der Waals surface area (Å²) < 4.78 is 0. The van der Waals surface area contributed by atoms with Crippen LogP contribution in [0.15, 0.2) is 109 Å². The van der Waals surface area contributed by atoms with E-state index >= 15 is 0 Å². The molecule has 0 heterocycles. The minimum absolute atomic E-state index is 0.204. The van der Waals surface area contributed by atoms with Crippen LogP contribution in [-0.2, 0) is 26.3 Å². The second-order valence-electron chi connectivity index (χ2n) is 14.9. The third-order valence-electron chi connectivity index (χ3n) is 9.69. The van der Waals surface area contributed by atoms with Crippen molar-refractivity contribution < 1.29 is 20.8 Å². The Morgan fingerprint density at radius 1 is 0.700 bits per heavy atom. The summed E-state index contributed by atoms with van der Waals surface area (Å²) in [4.78, 5) is 0. The molecule has 0 spiro atoms. The third kappa shape index (κ3) is 10.9. The first-order valence-electron chi connectivity index (χ1n) is 18.1. The van der Waals surface area contributed by atoms with Crippen molar-refractivity contribution in [2.24, 2.45) is 0 Å². The molecule has 0 atom stereocenters. The molecule has 0 aliphatic heterocycles. The van der Waals surface area contributed by atoms with Crippen LogP contribution in [0.5, 0.6) is 0 Å². The second kappa shape index (κ2) is 19.6. The molecule has 0 amide bonds. The predicted molar refractivity (Wildman–Crippen MR) is 222 cm³/mol. The van der Waals surface area contributed by atoms with E-state index in [0.29, 0.717) is 5.92 Å². The van der Waals surface area contributed by atoms with E-state index in [1.807, 2.05) is 0 Å². The Bertz CT molecular complexity index is 1880. The molecule has 0 saturated heterocycles. The molecule has 4 heteroatoms. The first-order chi connectivity index (χ1) is 24.0. The van der Waals surface area contributed by atoms with Gasteiger partial charge in [0.25, 0.3) is 0 Å². The van der Waals surface area contributed by atoms with Gasteiger partial charge in [0.05, 0.1) is 0 Å². The third-order valence-corrected chi connectivity index (χ3v) is 9.69. The average Bonchev–Trinajstić information content (AvgIpc) is 3.73. The number of benzene rings is 4. The summed E-state index contributed by atoms with van der Waals surface area (Å²) in [7, 11) is 11.0. The molecule has 1 aliphatic carbocycles. The van der Waals surface area contributed by atoms with Crippen molar-refractivity contribution in [3.05, 3.63) is 131 Å². The molecular formula is C46H54Cl2SiZr. The number of halogens is 2. The van der Waals surface area contributed by atoms with Gasteiger partial charge in [-0.25, -0.2) is 0 Å². The Balaban J connectivity index is 0.000000195. The standard InChI is InChI=1S/C22H23.C22H25.C2H6Si.2ClH.Zr/c1-16-14-20-8-5-9-21(22(20)15-16)19-12-10-18(11-13-19)17-6-3-2-4-7-17;1-15(2)18-13-17-7-6-8-20(21(17)14-18)16-9-11-19(12-10-16)22(3,4)5;1-3-2;;;/h5,8-15,17H,2-4,6-7H2,1H3;6-15H,1-5H3;1-2H3;2*1H;/q2*-1;;;;+4/p-2. The van der Waals surface area contributed by atoms with Crippen molar-refractivity contribution in [1.29, 1.82) is 0 Å². The minimum atomic E-state index is -0.826. The van der Waals surface area contributed by atoms with E-state index in [4.69, 9.17) is 17.0 Å². The molecule has 0 N–H and O–H groups in total. The summed E-state index contributed by atoms with van der Waals surface area (Å²) >= 11 is -0.826. The normalized spacial score (nSPS) is 13.1. The van der Waals surface area contributed by atoms with Crippen LogP contribution < -0.4 is 0 Å². The van der Waals surface area contributed by atoms with E-state index in [0.717, 1.165) is 15.4 Å². The van der Waals surface area contributed by atoms with E-state index in [-0.39, 0.29) is 5.41 Å². The fraction of sp³-hybridized carbons (Fsp3) is 0.348. The molecule has 1 fully saturated rings. The van der Waals surface area contributed by atoms with Gasteiger partial charge in [-0.3, -0.25) is 0 Å². The van der Waals surface area contributed by atoms with Gasteiger partial charge in [-0.05, 0) is 52.3 Å². The molecule has 0 aromatic heterocycles. The number of fused-ring (bicyclic) bond motifs is 2. The van der Waals surface area contributed by atoms with Gasteiger partial charge in [-0.1, -0.05) is 146 Å². The quantitative estimate of drug-likeness (QED) is 0.123. The van der Waals surface area contributed by atoms with Crippen molar-refractivity contribution >= 4 is 48.1 Å². The summed E-state index contributed by atoms with van der Waals surface area (Å²) in [5, 5.41) is 5.45. The van der Waals surface area contributed by atoms with Crippen molar-refractivity contribution in [1.82, 2.24) is 0 Å². The summed E-state index contributed by atoms with van der Waals surface area (Å²) in [6, 6.07) is 40.9. The summed E-state index contributed by atoms with van der Waals surface area (Å²) in [5.74, 6) is 1.36. The first kappa shape index (κ1) is 40.5. The van der Waals surface area contributed by atoms with Crippen LogP contribution >= 0.6 is 17.0 Å². The zero-order valence-corrected chi connectivity index (χ0v) is 36.3. The summed E-state index contributed by atoms with van der Waals surface area (Å²) in [6.45, 7) is 17.8. The van der Waals surface area contributed by atoms with E-state index in [1.165, 1.54) is 98.2 Å². The number of hydrogen-bond acceptors (Lipinski definition) is 0. The van der Waals surface area contributed by atoms with E-state index < -0.39 is 20.8 Å². The van der Waals surface area contributed by atoms with Crippen LogP contribution in [0.3, 0.4) is 0 Å². The van der Waals surface area contributed by atoms with Crippen molar-refractivity contribution in [2.75, 3.05) is 0 Å². The van der Waals surface area contributed by atoms with Crippen LogP contribution in [0.4, 0.5) is 0 Å². The topological polar surface area (TPSA) is 0 Å². The fourth-order valence-electron chi connectivity index (χ4n) is 7.00. The molecule has 6 aromatic carbocycles. The Labute approximate surface area is 324 Å². The Kier molecular flexibility index (Phi) is 15.9. The molecule has 6 aromatic rings. The Hall–Kier alpha value is -2.22. The predicted octanol–water partition coefficient (Wildman–Crippen LogP) is 15.4. The maximum atomic E-state index is 4.93. The van der Waals surface area contributed by atoms with Gasteiger partial charge < -0.3 is 0 Å². The van der Waals surface area contributed by atoms with Gasteiger partial charge in [0, 0.05) is 9.52 Å². The summed E-state index contributed by atoms with van der Waals surface area (Å²) in [5.41, 5.74) is 11.2. The molecule has 260 valence electrons. The molecule has 0 unspecified atom stereocenters. The first-order valence-corrected chi connectivity index (χ1v) is 26.4. The Morgan fingerprint density at radius 3 is 1.68 bits per heavy atom. The van der Waals surface area contributed by atoms with Crippen molar-refractivity contribution in [3.63, 3.8) is 0 Å². The monoisotopic (exact) mass is 794 g/mol. The molecule has 0 bridgehead atoms. The summed E-state index contributed by atoms with van der Waals surface area (Å²) in [6.07, 6.45) is 6.97. The molecule has 2 radical (unpaired) electrons. The molecular weight excluding hydrogens is 743 g/mol. The van der Waals surface area contributed by atoms with Gasteiger partial charge in [0.15, 0.2) is 0 Å². The zero-order chi connectivity index (χ0) is 36.3. The van der Waals surface area contributed by atoms with Gasteiger partial charge in [-0.2, -0.15) is 12.1 Å². The van der Waals surface area contributed by atoms with Crippen LogP contribution in [0.25, 0.3) is 43.8 Å². The molecule has 0 nitrogen and oxygen atoms in total. The zero-order valence-electron chi connectivity index (χ0n) is 31.3. The van der Waals surface area contributed by atoms with E-state index in [1.54, 1.807) is 0 Å². The van der Waals surface area contributed by atoms with Gasteiger partial charge >= 0.3 is 37.9 Å². The van der Waals surface area contributed by atoms with Crippen LogP contribution in [-0.4, -0.2) is 9.52 Å². The second-order valence-corrected chi connectivity index (χ2v) is 19.7. The van der Waals surface area contributed by atoms with Crippen LogP contribution in [0, 0.1) is 6.92 Å². The van der Waals surface area contributed by atoms with Gasteiger partial charge in [0.1, 0.15) is 0 Å². The number of aryl methyl sites for hydroxylation is 1. The molecule has 1 aliphatic rings. The molecule has 1 saturated carbocycles. The van der Waals surface area contributed by atoms with Crippen LogP contribution in [0.2, 0.25) is 13.1 Å². The average molecular weight is 797 g/mol. The molecule has 7 rings (SSSR count). The van der Waals surface area contributed by atoms with E-state index in [2.05, 4.69) is 164 Å². The van der Waals surface area contributed by atoms with E-state index in [9.17, 15) is 0 Å².